The smallest absolute Gasteiger partial charge is 0.165 e. The summed E-state index contributed by atoms with van der Waals surface area (Å²) in [7, 11) is 0. The van der Waals surface area contributed by atoms with Gasteiger partial charge in [0.05, 0.1) is 0 Å². The van der Waals surface area contributed by atoms with E-state index in [4.69, 9.17) is 15.0 Å². The molecule has 7 aromatic rings. The van der Waals surface area contributed by atoms with E-state index in [1.165, 1.54) is 31.3 Å². The molecule has 0 atom stereocenters. The quantitative estimate of drug-likeness (QED) is 0.247. The molecule has 3 nitrogen and oxygen atoms in total. The third kappa shape index (κ3) is 3.98. The highest BCUT2D eigenvalue weighted by Gasteiger charge is 2.16. The first-order valence-electron chi connectivity index (χ1n) is 12.2. The summed E-state index contributed by atoms with van der Waals surface area (Å²) < 4.78 is 2.44. The van der Waals surface area contributed by atoms with E-state index in [0.717, 1.165) is 16.7 Å². The Bertz CT molecular complexity index is 1800. The molecule has 0 radical (unpaired) electrons. The van der Waals surface area contributed by atoms with Gasteiger partial charge in [-0.05, 0) is 23.3 Å². The largest absolute Gasteiger partial charge is 0.208 e. The van der Waals surface area contributed by atoms with Crippen molar-refractivity contribution in [3.05, 3.63) is 127 Å². The second kappa shape index (κ2) is 9.08. The van der Waals surface area contributed by atoms with Gasteiger partial charge >= 0.3 is 0 Å². The van der Waals surface area contributed by atoms with Crippen LogP contribution in [0.2, 0.25) is 0 Å². The normalized spacial score (nSPS) is 11.2. The van der Waals surface area contributed by atoms with Crippen molar-refractivity contribution in [2.45, 2.75) is 0 Å². The van der Waals surface area contributed by atoms with Gasteiger partial charge in [0.15, 0.2) is 17.5 Å². The zero-order chi connectivity index (χ0) is 24.6. The minimum absolute atomic E-state index is 0.675. The van der Waals surface area contributed by atoms with E-state index in [1.54, 1.807) is 11.3 Å². The Morgan fingerprint density at radius 3 is 1.59 bits per heavy atom. The molecular weight excluding hydrogens is 470 g/mol. The summed E-state index contributed by atoms with van der Waals surface area (Å²) in [5.74, 6) is 2.04. The average Bonchev–Trinajstić information content (AvgIpc) is 3.36. The number of fused-ring (bicyclic) bond motifs is 3. The van der Waals surface area contributed by atoms with E-state index in [-0.39, 0.29) is 0 Å². The summed E-state index contributed by atoms with van der Waals surface area (Å²) in [4.78, 5) is 14.8. The number of benzene rings is 5. The van der Waals surface area contributed by atoms with Crippen molar-refractivity contribution in [1.29, 1.82) is 0 Å². The van der Waals surface area contributed by atoms with Gasteiger partial charge in [0, 0.05) is 36.9 Å². The number of nitrogens with zero attached hydrogens (tertiary/aromatic N) is 3. The van der Waals surface area contributed by atoms with Crippen LogP contribution in [0.4, 0.5) is 0 Å². The minimum atomic E-state index is 0.675. The molecule has 2 aromatic heterocycles. The van der Waals surface area contributed by atoms with Crippen LogP contribution >= 0.6 is 11.3 Å². The van der Waals surface area contributed by atoms with Crippen LogP contribution in [-0.2, 0) is 0 Å². The van der Waals surface area contributed by atoms with Crippen molar-refractivity contribution in [3.8, 4) is 45.3 Å². The summed E-state index contributed by atoms with van der Waals surface area (Å²) in [5.41, 5.74) is 5.41. The van der Waals surface area contributed by atoms with Crippen LogP contribution in [0.15, 0.2) is 127 Å². The summed E-state index contributed by atoms with van der Waals surface area (Å²) >= 11 is 1.79. The van der Waals surface area contributed by atoms with Gasteiger partial charge in [-0.3, -0.25) is 0 Å². The third-order valence-corrected chi connectivity index (χ3v) is 7.75. The van der Waals surface area contributed by atoms with Crippen LogP contribution in [0.5, 0.6) is 0 Å². The van der Waals surface area contributed by atoms with Crippen LogP contribution < -0.4 is 0 Å². The molecule has 0 saturated heterocycles. The van der Waals surface area contributed by atoms with Gasteiger partial charge in [0.25, 0.3) is 0 Å². The molecule has 0 aliphatic rings. The number of thiophene rings is 1. The van der Waals surface area contributed by atoms with Crippen LogP contribution in [-0.4, -0.2) is 15.0 Å². The van der Waals surface area contributed by atoms with E-state index >= 15 is 0 Å². The maximum atomic E-state index is 4.97. The molecule has 0 N–H and O–H groups in total. The van der Waals surface area contributed by atoms with Crippen molar-refractivity contribution in [1.82, 2.24) is 15.0 Å². The van der Waals surface area contributed by atoms with Gasteiger partial charge in [-0.2, -0.15) is 0 Å². The fourth-order valence-electron chi connectivity index (χ4n) is 4.71. The Morgan fingerprint density at radius 1 is 0.405 bits per heavy atom. The van der Waals surface area contributed by atoms with Crippen LogP contribution in [0.1, 0.15) is 0 Å². The van der Waals surface area contributed by atoms with Crippen molar-refractivity contribution < 1.29 is 0 Å². The van der Waals surface area contributed by atoms with Gasteiger partial charge in [-0.25, -0.2) is 15.0 Å². The van der Waals surface area contributed by atoms with Crippen LogP contribution in [0, 0.1) is 0 Å². The molecule has 0 bridgehead atoms. The van der Waals surface area contributed by atoms with Crippen LogP contribution in [0.3, 0.4) is 0 Å². The molecule has 2 heterocycles. The summed E-state index contributed by atoms with van der Waals surface area (Å²) in [6, 6.07) is 43.9. The van der Waals surface area contributed by atoms with Gasteiger partial charge in [-0.15, -0.1) is 11.3 Å². The number of rotatable bonds is 4. The van der Waals surface area contributed by atoms with E-state index < -0.39 is 0 Å². The molecule has 0 unspecified atom stereocenters. The maximum absolute atomic E-state index is 4.97. The van der Waals surface area contributed by atoms with Crippen molar-refractivity contribution in [2.75, 3.05) is 0 Å². The Kier molecular flexibility index (Phi) is 5.30. The Balaban J connectivity index is 1.44. The maximum Gasteiger partial charge on any atom is 0.165 e. The van der Waals surface area contributed by atoms with Gasteiger partial charge < -0.3 is 0 Å². The number of aromatic nitrogens is 3. The molecule has 37 heavy (non-hydrogen) atoms. The zero-order valence-electron chi connectivity index (χ0n) is 19.9. The fourth-order valence-corrected chi connectivity index (χ4v) is 5.96. The highest BCUT2D eigenvalue weighted by Crippen LogP contribution is 2.41. The standard InChI is InChI=1S/C33H21N3S/c1-4-11-22(12-5-1)25-19-20-26-27-17-10-18-28(30(27)37-29(26)21-25)33-35-31(23-13-6-2-7-14-23)34-32(36-33)24-15-8-3-9-16-24/h1-21H. The first kappa shape index (κ1) is 21.6. The molecule has 7 rings (SSSR count). The van der Waals surface area contributed by atoms with Gasteiger partial charge in [0.2, 0.25) is 0 Å². The van der Waals surface area contributed by atoms with Gasteiger partial charge in [-0.1, -0.05) is 115 Å². The Labute approximate surface area is 218 Å². The SMILES string of the molecule is c1ccc(-c2ccc3c(c2)sc2c(-c4nc(-c5ccccc5)nc(-c5ccccc5)n4)cccc23)cc1. The molecule has 174 valence electrons. The molecule has 0 saturated carbocycles. The lowest BCUT2D eigenvalue weighted by atomic mass is 10.0. The van der Waals surface area contributed by atoms with Gasteiger partial charge in [0.1, 0.15) is 0 Å². The molecule has 0 aliphatic carbocycles. The molecule has 0 fully saturated rings. The second-order valence-electron chi connectivity index (χ2n) is 8.90. The zero-order valence-corrected chi connectivity index (χ0v) is 20.7. The number of hydrogen-bond acceptors (Lipinski definition) is 4. The van der Waals surface area contributed by atoms with E-state index in [9.17, 15) is 0 Å². The van der Waals surface area contributed by atoms with Crippen LogP contribution in [0.25, 0.3) is 65.5 Å². The lowest BCUT2D eigenvalue weighted by Gasteiger charge is -2.09. The monoisotopic (exact) mass is 491 g/mol. The first-order chi connectivity index (χ1) is 18.3. The Morgan fingerprint density at radius 2 is 0.973 bits per heavy atom. The highest BCUT2D eigenvalue weighted by atomic mass is 32.1. The molecule has 5 aromatic carbocycles. The Hall–Kier alpha value is -4.67. The highest BCUT2D eigenvalue weighted by molar-refractivity contribution is 7.26. The fraction of sp³-hybridized carbons (Fsp3) is 0. The predicted octanol–water partition coefficient (Wildman–Crippen LogP) is 8.91. The molecule has 0 amide bonds. The van der Waals surface area contributed by atoms with Crippen molar-refractivity contribution >= 4 is 31.5 Å². The predicted molar refractivity (Wildman–Crippen MR) is 154 cm³/mol. The molecule has 0 aliphatic heterocycles. The lowest BCUT2D eigenvalue weighted by molar-refractivity contribution is 1.08. The first-order valence-corrected chi connectivity index (χ1v) is 13.0. The summed E-state index contributed by atoms with van der Waals surface area (Å²) in [6.45, 7) is 0. The number of hydrogen-bond donors (Lipinski definition) is 0. The lowest BCUT2D eigenvalue weighted by Crippen LogP contribution is -2.00. The summed E-state index contributed by atoms with van der Waals surface area (Å²) in [6.07, 6.45) is 0. The topological polar surface area (TPSA) is 38.7 Å². The summed E-state index contributed by atoms with van der Waals surface area (Å²) in [5, 5.41) is 2.47. The molecule has 0 spiro atoms. The van der Waals surface area contributed by atoms with E-state index in [0.29, 0.717) is 17.5 Å². The average molecular weight is 492 g/mol. The molecular formula is C33H21N3S. The minimum Gasteiger partial charge on any atom is -0.208 e. The second-order valence-corrected chi connectivity index (χ2v) is 9.95. The third-order valence-electron chi connectivity index (χ3n) is 6.55. The van der Waals surface area contributed by atoms with Crippen molar-refractivity contribution in [2.24, 2.45) is 0 Å². The van der Waals surface area contributed by atoms with E-state index in [1.807, 2.05) is 60.7 Å². The van der Waals surface area contributed by atoms with Crippen molar-refractivity contribution in [3.63, 3.8) is 0 Å². The molecule has 4 heteroatoms. The van der Waals surface area contributed by atoms with E-state index in [2.05, 4.69) is 66.7 Å².